The van der Waals surface area contributed by atoms with E-state index in [9.17, 15) is 18.5 Å². The Kier molecular flexibility index (Phi) is 4.18. The molecule has 0 heterocycles. The predicted octanol–water partition coefficient (Wildman–Crippen LogP) is 3.32. The van der Waals surface area contributed by atoms with Gasteiger partial charge in [0.15, 0.2) is 0 Å². The molecule has 2 aromatic rings. The minimum atomic E-state index is -3.81. The molecule has 0 aromatic heterocycles. The first kappa shape index (κ1) is 16.0. The van der Waals surface area contributed by atoms with Crippen molar-refractivity contribution in [3.63, 3.8) is 0 Å². The molecule has 1 N–H and O–H groups in total. The largest absolute Gasteiger partial charge is 0.279 e. The highest BCUT2D eigenvalue weighted by Gasteiger charge is 2.20. The van der Waals surface area contributed by atoms with Crippen LogP contribution in [0.15, 0.2) is 41.3 Å². The van der Waals surface area contributed by atoms with Crippen LogP contribution in [-0.2, 0) is 10.0 Å². The monoisotopic (exact) mass is 320 g/mol. The average Bonchev–Trinajstić information content (AvgIpc) is 2.36. The first-order chi connectivity index (χ1) is 10.2. The van der Waals surface area contributed by atoms with Gasteiger partial charge >= 0.3 is 0 Å². The fourth-order valence-corrected chi connectivity index (χ4v) is 3.98. The molecule has 22 heavy (non-hydrogen) atoms. The summed E-state index contributed by atoms with van der Waals surface area (Å²) in [6.07, 6.45) is 0. The lowest BCUT2D eigenvalue weighted by Gasteiger charge is -2.13. The standard InChI is InChI=1S/C15H16N2O4S/c1-10-7-11(2)15(12(3)8-10)22(20,21)16-13-5-4-6-14(9-13)17(18)19/h4-9,16H,1-3H3. The summed E-state index contributed by atoms with van der Waals surface area (Å²) < 4.78 is 27.5. The van der Waals surface area contributed by atoms with Crippen LogP contribution in [0.3, 0.4) is 0 Å². The molecular formula is C15H16N2O4S. The number of nitrogens with one attached hydrogen (secondary N) is 1. The lowest BCUT2D eigenvalue weighted by atomic mass is 10.1. The van der Waals surface area contributed by atoms with E-state index in [0.29, 0.717) is 11.1 Å². The number of non-ortho nitro benzene ring substituents is 1. The van der Waals surface area contributed by atoms with Crippen LogP contribution in [-0.4, -0.2) is 13.3 Å². The highest BCUT2D eigenvalue weighted by molar-refractivity contribution is 7.92. The van der Waals surface area contributed by atoms with Gasteiger partial charge < -0.3 is 0 Å². The SMILES string of the molecule is Cc1cc(C)c(S(=O)(=O)Nc2cccc([N+](=O)[O-])c2)c(C)c1. The van der Waals surface area contributed by atoms with Crippen molar-refractivity contribution in [3.05, 3.63) is 63.2 Å². The lowest BCUT2D eigenvalue weighted by Crippen LogP contribution is -2.16. The number of aryl methyl sites for hydroxylation is 3. The third-order valence-corrected chi connectivity index (χ3v) is 4.87. The number of sulfonamides is 1. The summed E-state index contributed by atoms with van der Waals surface area (Å²) in [5.74, 6) is 0. The number of hydrogen-bond donors (Lipinski definition) is 1. The van der Waals surface area contributed by atoms with Crippen molar-refractivity contribution >= 4 is 21.4 Å². The van der Waals surface area contributed by atoms with Gasteiger partial charge in [-0.15, -0.1) is 0 Å². The van der Waals surface area contributed by atoms with Crippen LogP contribution in [0.1, 0.15) is 16.7 Å². The van der Waals surface area contributed by atoms with Crippen LogP contribution < -0.4 is 4.72 Å². The van der Waals surface area contributed by atoms with Crippen molar-refractivity contribution in [3.8, 4) is 0 Å². The van der Waals surface area contributed by atoms with E-state index in [1.54, 1.807) is 26.0 Å². The highest BCUT2D eigenvalue weighted by Crippen LogP contribution is 2.25. The molecule has 0 amide bonds. The van der Waals surface area contributed by atoms with Crippen molar-refractivity contribution < 1.29 is 13.3 Å². The summed E-state index contributed by atoms with van der Waals surface area (Å²) in [7, 11) is -3.81. The van der Waals surface area contributed by atoms with Gasteiger partial charge in [-0.25, -0.2) is 8.42 Å². The summed E-state index contributed by atoms with van der Waals surface area (Å²) >= 11 is 0. The smallest absolute Gasteiger partial charge is 0.271 e. The van der Waals surface area contributed by atoms with E-state index in [1.807, 2.05) is 6.92 Å². The Hall–Kier alpha value is -2.41. The van der Waals surface area contributed by atoms with Crippen molar-refractivity contribution in [2.45, 2.75) is 25.7 Å². The van der Waals surface area contributed by atoms with Gasteiger partial charge in [-0.3, -0.25) is 14.8 Å². The number of anilines is 1. The Morgan fingerprint density at radius 3 is 2.18 bits per heavy atom. The number of benzene rings is 2. The molecule has 0 aliphatic carbocycles. The van der Waals surface area contributed by atoms with Crippen LogP contribution in [0.2, 0.25) is 0 Å². The number of rotatable bonds is 4. The van der Waals surface area contributed by atoms with Crippen LogP contribution in [0.4, 0.5) is 11.4 Å². The molecule has 0 atom stereocenters. The first-order valence-corrected chi connectivity index (χ1v) is 8.04. The molecule has 0 spiro atoms. The second-order valence-electron chi connectivity index (χ2n) is 5.14. The van der Waals surface area contributed by atoms with E-state index in [-0.39, 0.29) is 16.3 Å². The van der Waals surface area contributed by atoms with Gasteiger partial charge in [0.05, 0.1) is 15.5 Å². The first-order valence-electron chi connectivity index (χ1n) is 6.56. The van der Waals surface area contributed by atoms with E-state index in [2.05, 4.69) is 4.72 Å². The Morgan fingerprint density at radius 2 is 1.64 bits per heavy atom. The molecule has 0 saturated heterocycles. The Labute approximate surface area is 129 Å². The molecule has 0 radical (unpaired) electrons. The Morgan fingerprint density at radius 1 is 1.05 bits per heavy atom. The second kappa shape index (κ2) is 5.76. The Bertz CT molecular complexity index is 821. The van der Waals surface area contributed by atoms with Crippen molar-refractivity contribution in [2.75, 3.05) is 4.72 Å². The van der Waals surface area contributed by atoms with Crippen LogP contribution in [0.25, 0.3) is 0 Å². The number of nitro groups is 1. The molecule has 7 heteroatoms. The predicted molar refractivity (Wildman–Crippen MR) is 84.6 cm³/mol. The molecule has 0 aliphatic heterocycles. The normalized spacial score (nSPS) is 11.2. The summed E-state index contributed by atoms with van der Waals surface area (Å²) in [6.45, 7) is 5.34. The number of nitrogens with zero attached hydrogens (tertiary/aromatic N) is 1. The van der Waals surface area contributed by atoms with E-state index < -0.39 is 14.9 Å². The molecule has 0 aliphatic rings. The average molecular weight is 320 g/mol. The Balaban J connectivity index is 2.45. The van der Waals surface area contributed by atoms with Gasteiger partial charge in [0, 0.05) is 12.1 Å². The molecule has 0 saturated carbocycles. The van der Waals surface area contributed by atoms with Crippen LogP contribution in [0.5, 0.6) is 0 Å². The molecule has 0 unspecified atom stereocenters. The zero-order chi connectivity index (χ0) is 16.5. The molecule has 2 aromatic carbocycles. The molecule has 0 bridgehead atoms. The molecule has 6 nitrogen and oxygen atoms in total. The summed E-state index contributed by atoms with van der Waals surface area (Å²) in [6, 6.07) is 8.98. The highest BCUT2D eigenvalue weighted by atomic mass is 32.2. The third kappa shape index (κ3) is 3.25. The van der Waals surface area contributed by atoms with E-state index in [4.69, 9.17) is 0 Å². The summed E-state index contributed by atoms with van der Waals surface area (Å²) in [4.78, 5) is 10.4. The third-order valence-electron chi connectivity index (χ3n) is 3.18. The van der Waals surface area contributed by atoms with Crippen molar-refractivity contribution in [2.24, 2.45) is 0 Å². The van der Waals surface area contributed by atoms with Crippen LogP contribution >= 0.6 is 0 Å². The number of hydrogen-bond acceptors (Lipinski definition) is 4. The summed E-state index contributed by atoms with van der Waals surface area (Å²) in [5.41, 5.74) is 2.24. The molecule has 0 fully saturated rings. The second-order valence-corrected chi connectivity index (χ2v) is 6.76. The minimum absolute atomic E-state index is 0.161. The van der Waals surface area contributed by atoms with Gasteiger partial charge in [-0.05, 0) is 38.0 Å². The molecule has 2 rings (SSSR count). The minimum Gasteiger partial charge on any atom is -0.279 e. The van der Waals surface area contributed by atoms with Gasteiger partial charge in [0.1, 0.15) is 0 Å². The van der Waals surface area contributed by atoms with E-state index >= 15 is 0 Å². The zero-order valence-corrected chi connectivity index (χ0v) is 13.3. The van der Waals surface area contributed by atoms with Gasteiger partial charge in [0.25, 0.3) is 15.7 Å². The lowest BCUT2D eigenvalue weighted by molar-refractivity contribution is -0.384. The van der Waals surface area contributed by atoms with Gasteiger partial charge in [-0.1, -0.05) is 23.8 Å². The maximum absolute atomic E-state index is 12.6. The molecular weight excluding hydrogens is 304 g/mol. The maximum atomic E-state index is 12.6. The maximum Gasteiger partial charge on any atom is 0.271 e. The quantitative estimate of drug-likeness (QED) is 0.691. The summed E-state index contributed by atoms with van der Waals surface area (Å²) in [5, 5.41) is 10.8. The zero-order valence-electron chi connectivity index (χ0n) is 12.5. The fourth-order valence-electron chi connectivity index (χ4n) is 2.48. The van der Waals surface area contributed by atoms with Crippen molar-refractivity contribution in [1.29, 1.82) is 0 Å². The van der Waals surface area contributed by atoms with Gasteiger partial charge in [-0.2, -0.15) is 0 Å². The van der Waals surface area contributed by atoms with E-state index in [1.165, 1.54) is 24.3 Å². The van der Waals surface area contributed by atoms with Gasteiger partial charge in [0.2, 0.25) is 0 Å². The fraction of sp³-hybridized carbons (Fsp3) is 0.200. The van der Waals surface area contributed by atoms with E-state index in [0.717, 1.165) is 5.56 Å². The van der Waals surface area contributed by atoms with Crippen molar-refractivity contribution in [1.82, 2.24) is 0 Å². The molecule has 116 valence electrons. The van der Waals surface area contributed by atoms with Crippen LogP contribution in [0, 0.1) is 30.9 Å². The topological polar surface area (TPSA) is 89.3 Å². The number of nitro benzene ring substituents is 1.